The summed E-state index contributed by atoms with van der Waals surface area (Å²) in [5, 5.41) is -0.0612. The van der Waals surface area contributed by atoms with Crippen LogP contribution in [0.2, 0.25) is 5.02 Å². The molecule has 6 nitrogen and oxygen atoms in total. The lowest BCUT2D eigenvalue weighted by Gasteiger charge is -2.35. The maximum Gasteiger partial charge on any atom is 0.417 e. The van der Waals surface area contributed by atoms with Gasteiger partial charge in [0.25, 0.3) is 0 Å². The van der Waals surface area contributed by atoms with E-state index in [9.17, 15) is 18.0 Å². The van der Waals surface area contributed by atoms with Gasteiger partial charge >= 0.3 is 6.18 Å². The number of amides is 1. The molecule has 10 heteroatoms. The molecule has 3 heterocycles. The summed E-state index contributed by atoms with van der Waals surface area (Å²) >= 11 is 6.03. The second kappa shape index (κ2) is 9.28. The van der Waals surface area contributed by atoms with Gasteiger partial charge in [-0.2, -0.15) is 13.2 Å². The number of halogens is 4. The van der Waals surface area contributed by atoms with Crippen LogP contribution in [0.1, 0.15) is 17.5 Å². The van der Waals surface area contributed by atoms with Crippen LogP contribution in [-0.4, -0.2) is 55.2 Å². The molecule has 1 fully saturated rings. The Labute approximate surface area is 188 Å². The number of rotatable bonds is 3. The van der Waals surface area contributed by atoms with E-state index in [0.717, 1.165) is 24.2 Å². The van der Waals surface area contributed by atoms with Crippen molar-refractivity contribution in [2.45, 2.75) is 12.6 Å². The predicted octanol–water partition coefficient (Wildman–Crippen LogP) is 4.28. The summed E-state index contributed by atoms with van der Waals surface area (Å²) < 4.78 is 49.7. The lowest BCUT2D eigenvalue weighted by Crippen LogP contribution is -2.48. The highest BCUT2D eigenvalue weighted by Crippen LogP contribution is 2.34. The van der Waals surface area contributed by atoms with Gasteiger partial charge in [-0.15, -0.1) is 0 Å². The molecule has 2 aliphatic rings. The Bertz CT molecular complexity index is 1020. The predicted molar refractivity (Wildman–Crippen MR) is 114 cm³/mol. The van der Waals surface area contributed by atoms with Crippen molar-refractivity contribution in [1.82, 2.24) is 9.88 Å². The van der Waals surface area contributed by atoms with E-state index in [-0.39, 0.29) is 16.7 Å². The van der Waals surface area contributed by atoms with E-state index in [1.807, 2.05) is 18.2 Å². The lowest BCUT2D eigenvalue weighted by atomic mass is 10.2. The van der Waals surface area contributed by atoms with Gasteiger partial charge in [0.05, 0.1) is 23.8 Å². The van der Waals surface area contributed by atoms with Crippen LogP contribution in [0.5, 0.6) is 11.5 Å². The second-order valence-electron chi connectivity index (χ2n) is 7.43. The van der Waals surface area contributed by atoms with Gasteiger partial charge in [0, 0.05) is 44.9 Å². The fourth-order valence-electron chi connectivity index (χ4n) is 3.51. The Kier molecular flexibility index (Phi) is 6.45. The van der Waals surface area contributed by atoms with E-state index in [4.69, 9.17) is 21.1 Å². The second-order valence-corrected chi connectivity index (χ2v) is 7.84. The highest BCUT2D eigenvalue weighted by molar-refractivity contribution is 6.33. The minimum absolute atomic E-state index is 0.0612. The minimum atomic E-state index is -4.50. The van der Waals surface area contributed by atoms with E-state index in [1.54, 1.807) is 15.9 Å². The zero-order valence-electron chi connectivity index (χ0n) is 17.1. The number of piperazine rings is 1. The normalized spacial score (nSPS) is 16.9. The number of hydrogen-bond donors (Lipinski definition) is 0. The molecule has 1 amide bonds. The summed E-state index contributed by atoms with van der Waals surface area (Å²) in [5.74, 6) is 1.49. The van der Waals surface area contributed by atoms with Crippen molar-refractivity contribution in [3.8, 4) is 11.5 Å². The average molecular weight is 468 g/mol. The monoisotopic (exact) mass is 467 g/mol. The Balaban J connectivity index is 1.35. The highest BCUT2D eigenvalue weighted by atomic mass is 35.5. The third kappa shape index (κ3) is 5.09. The van der Waals surface area contributed by atoms with Crippen LogP contribution < -0.4 is 14.4 Å². The van der Waals surface area contributed by atoms with Gasteiger partial charge in [0.1, 0.15) is 5.82 Å². The van der Waals surface area contributed by atoms with Crippen molar-refractivity contribution in [2.75, 3.05) is 44.3 Å². The van der Waals surface area contributed by atoms with E-state index in [2.05, 4.69) is 4.98 Å². The van der Waals surface area contributed by atoms with Crippen molar-refractivity contribution in [3.63, 3.8) is 0 Å². The smallest absolute Gasteiger partial charge is 0.417 e. The first-order valence-corrected chi connectivity index (χ1v) is 10.5. The molecule has 4 rings (SSSR count). The topological polar surface area (TPSA) is 54.9 Å². The average Bonchev–Trinajstić information content (AvgIpc) is 3.02. The zero-order chi connectivity index (χ0) is 22.7. The van der Waals surface area contributed by atoms with E-state index >= 15 is 0 Å². The SMILES string of the molecule is O=C(C=Cc1ccc2c(c1)OCCCO2)N1CCN(c2ncc(C(F)(F)F)cc2Cl)CC1. The summed E-state index contributed by atoms with van der Waals surface area (Å²) in [7, 11) is 0. The first-order valence-electron chi connectivity index (χ1n) is 10.2. The number of nitrogens with zero attached hydrogens (tertiary/aromatic N) is 3. The molecule has 0 N–H and O–H groups in total. The standard InChI is InChI=1S/C22H21ClF3N3O3/c23-17-13-16(22(24,25)26)14-27-21(17)29-8-6-28(7-9-29)20(30)5-3-15-2-4-18-19(12-15)32-11-1-10-31-18/h2-5,12-14H,1,6-11H2. The van der Waals surface area contributed by atoms with Gasteiger partial charge in [0.15, 0.2) is 11.5 Å². The molecule has 0 aliphatic carbocycles. The quantitative estimate of drug-likeness (QED) is 0.631. The Hall–Kier alpha value is -2.94. The van der Waals surface area contributed by atoms with Crippen LogP contribution in [0.25, 0.3) is 6.08 Å². The number of aromatic nitrogens is 1. The fraction of sp³-hybridized carbons (Fsp3) is 0.364. The molecule has 2 aromatic rings. The molecule has 0 bridgehead atoms. The molecule has 0 unspecified atom stereocenters. The Morgan fingerprint density at radius 1 is 1.06 bits per heavy atom. The molecule has 1 saturated heterocycles. The number of alkyl halides is 3. The number of fused-ring (bicyclic) bond motifs is 1. The minimum Gasteiger partial charge on any atom is -0.490 e. The van der Waals surface area contributed by atoms with Gasteiger partial charge < -0.3 is 19.3 Å². The number of pyridine rings is 1. The molecule has 0 radical (unpaired) electrons. The van der Waals surface area contributed by atoms with Gasteiger partial charge in [-0.1, -0.05) is 17.7 Å². The van der Waals surface area contributed by atoms with E-state index in [0.29, 0.717) is 50.9 Å². The molecule has 170 valence electrons. The molecule has 0 atom stereocenters. The molecule has 2 aliphatic heterocycles. The van der Waals surface area contributed by atoms with Crippen molar-refractivity contribution in [1.29, 1.82) is 0 Å². The van der Waals surface area contributed by atoms with Crippen LogP contribution in [0.4, 0.5) is 19.0 Å². The Morgan fingerprint density at radius 3 is 2.47 bits per heavy atom. The largest absolute Gasteiger partial charge is 0.490 e. The van der Waals surface area contributed by atoms with Gasteiger partial charge in [-0.25, -0.2) is 4.98 Å². The van der Waals surface area contributed by atoms with Crippen LogP contribution in [0.15, 0.2) is 36.5 Å². The summed E-state index contributed by atoms with van der Waals surface area (Å²) in [5.41, 5.74) is -0.0677. The third-order valence-corrected chi connectivity index (χ3v) is 5.51. The number of benzene rings is 1. The molecule has 0 saturated carbocycles. The summed E-state index contributed by atoms with van der Waals surface area (Å²) in [6, 6.07) is 6.39. The zero-order valence-corrected chi connectivity index (χ0v) is 17.8. The van der Waals surface area contributed by atoms with Crippen molar-refractivity contribution in [3.05, 3.63) is 52.7 Å². The van der Waals surface area contributed by atoms with Crippen molar-refractivity contribution in [2.24, 2.45) is 0 Å². The van der Waals surface area contributed by atoms with Crippen LogP contribution in [0, 0.1) is 0 Å². The third-order valence-electron chi connectivity index (χ3n) is 5.23. The Morgan fingerprint density at radius 2 is 1.78 bits per heavy atom. The maximum atomic E-state index is 12.8. The fourth-order valence-corrected chi connectivity index (χ4v) is 3.80. The maximum absolute atomic E-state index is 12.8. The van der Waals surface area contributed by atoms with E-state index in [1.165, 1.54) is 6.08 Å². The van der Waals surface area contributed by atoms with Gasteiger partial charge in [-0.05, 0) is 29.8 Å². The molecule has 32 heavy (non-hydrogen) atoms. The van der Waals surface area contributed by atoms with Gasteiger partial charge in [0.2, 0.25) is 5.91 Å². The molecular formula is C22H21ClF3N3O3. The first-order chi connectivity index (χ1) is 15.3. The molecule has 0 spiro atoms. The molecule has 1 aromatic carbocycles. The van der Waals surface area contributed by atoms with Crippen molar-refractivity contribution >= 4 is 29.4 Å². The number of anilines is 1. The van der Waals surface area contributed by atoms with Crippen LogP contribution in [0.3, 0.4) is 0 Å². The van der Waals surface area contributed by atoms with Crippen LogP contribution in [-0.2, 0) is 11.0 Å². The lowest BCUT2D eigenvalue weighted by molar-refractivity contribution is -0.137. The van der Waals surface area contributed by atoms with Crippen molar-refractivity contribution < 1.29 is 27.4 Å². The van der Waals surface area contributed by atoms with Crippen LogP contribution >= 0.6 is 11.6 Å². The first kappa shape index (κ1) is 22.3. The highest BCUT2D eigenvalue weighted by Gasteiger charge is 2.32. The summed E-state index contributed by atoms with van der Waals surface area (Å²) in [6.07, 6.45) is 0.313. The number of ether oxygens (including phenoxy) is 2. The number of hydrogen-bond acceptors (Lipinski definition) is 5. The summed E-state index contributed by atoms with van der Waals surface area (Å²) in [4.78, 5) is 19.9. The molecule has 1 aromatic heterocycles. The van der Waals surface area contributed by atoms with Gasteiger partial charge in [-0.3, -0.25) is 4.79 Å². The van der Waals surface area contributed by atoms with E-state index < -0.39 is 11.7 Å². The number of carbonyl (C=O) groups excluding carboxylic acids is 1. The number of carbonyl (C=O) groups is 1. The molecular weight excluding hydrogens is 447 g/mol. The summed E-state index contributed by atoms with van der Waals surface area (Å²) in [6.45, 7) is 2.84.